The number of imidazole rings is 1. The zero-order valence-corrected chi connectivity index (χ0v) is 24.4. The summed E-state index contributed by atoms with van der Waals surface area (Å²) in [5, 5.41) is 7.12. The number of aromatic nitrogens is 2. The van der Waals surface area contributed by atoms with Crippen molar-refractivity contribution in [1.82, 2.24) is 24.7 Å². The number of carboxylic acid groups (broad SMARTS) is 1. The summed E-state index contributed by atoms with van der Waals surface area (Å²) in [4.78, 5) is 24.9. The summed E-state index contributed by atoms with van der Waals surface area (Å²) in [5.41, 5.74) is 7.06. The van der Waals surface area contributed by atoms with E-state index in [1.54, 1.807) is 0 Å². The summed E-state index contributed by atoms with van der Waals surface area (Å²) in [6.07, 6.45) is -2.32. The minimum Gasteiger partial charge on any atom is -0.475 e. The lowest BCUT2D eigenvalue weighted by Crippen LogP contribution is -2.48. The second-order valence-electron chi connectivity index (χ2n) is 11.5. The highest BCUT2D eigenvalue weighted by atomic mass is 19.4. The first-order valence-corrected chi connectivity index (χ1v) is 14.7. The number of aliphatic carboxylic acids is 1. The Morgan fingerprint density at radius 2 is 1.58 bits per heavy atom. The van der Waals surface area contributed by atoms with Gasteiger partial charge in [0.2, 0.25) is 0 Å². The van der Waals surface area contributed by atoms with Gasteiger partial charge in [0.1, 0.15) is 5.82 Å². The van der Waals surface area contributed by atoms with Crippen molar-refractivity contribution in [3.05, 3.63) is 78.4 Å². The lowest BCUT2D eigenvalue weighted by atomic mass is 9.97. The highest BCUT2D eigenvalue weighted by Gasteiger charge is 2.38. The molecule has 10 heteroatoms. The van der Waals surface area contributed by atoms with Crippen LogP contribution in [0.1, 0.15) is 18.4 Å². The van der Waals surface area contributed by atoms with E-state index >= 15 is 0 Å². The molecule has 1 atom stereocenters. The number of piperazine rings is 1. The number of halogens is 3. The third-order valence-electron chi connectivity index (χ3n) is 8.16. The Morgan fingerprint density at radius 1 is 0.907 bits per heavy atom. The van der Waals surface area contributed by atoms with Gasteiger partial charge >= 0.3 is 12.1 Å². The summed E-state index contributed by atoms with van der Waals surface area (Å²) in [5.74, 6) is -0.981. The van der Waals surface area contributed by atoms with Crippen molar-refractivity contribution in [3.8, 4) is 22.5 Å². The number of fused-ring (bicyclic) bond motifs is 1. The molecule has 0 bridgehead atoms. The third-order valence-corrected chi connectivity index (χ3v) is 8.16. The topological polar surface area (TPSA) is 75.7 Å². The van der Waals surface area contributed by atoms with E-state index in [0.29, 0.717) is 0 Å². The molecule has 2 fully saturated rings. The number of alkyl halides is 3. The smallest absolute Gasteiger partial charge is 0.475 e. The maximum atomic E-state index is 10.6. The normalized spacial score (nSPS) is 18.7. The van der Waals surface area contributed by atoms with Gasteiger partial charge in [-0.1, -0.05) is 54.6 Å². The number of carboxylic acids is 1. The molecular formula is C33H38F3N5O2. The highest BCUT2D eigenvalue weighted by Crippen LogP contribution is 2.27. The Labute approximate surface area is 249 Å². The van der Waals surface area contributed by atoms with Crippen molar-refractivity contribution < 1.29 is 23.1 Å². The molecule has 1 unspecified atom stereocenters. The van der Waals surface area contributed by atoms with E-state index in [1.165, 1.54) is 75.3 Å². The Hall–Kier alpha value is -3.73. The minimum absolute atomic E-state index is 0.855. The summed E-state index contributed by atoms with van der Waals surface area (Å²) in [6, 6.07) is 26.0. The van der Waals surface area contributed by atoms with E-state index < -0.39 is 12.1 Å². The van der Waals surface area contributed by atoms with Gasteiger partial charge in [-0.05, 0) is 67.2 Å². The van der Waals surface area contributed by atoms with Gasteiger partial charge in [-0.2, -0.15) is 13.2 Å². The number of aromatic amines is 1. The zero-order chi connectivity index (χ0) is 30.4. The maximum Gasteiger partial charge on any atom is 0.490 e. The molecule has 4 aromatic rings. The van der Waals surface area contributed by atoms with Crippen molar-refractivity contribution in [2.24, 2.45) is 5.92 Å². The molecule has 43 heavy (non-hydrogen) atoms. The minimum atomic E-state index is -5.08. The molecule has 0 spiro atoms. The van der Waals surface area contributed by atoms with Crippen LogP contribution in [-0.2, 0) is 11.3 Å². The third kappa shape index (κ3) is 8.43. The second-order valence-corrected chi connectivity index (χ2v) is 11.5. The van der Waals surface area contributed by atoms with Gasteiger partial charge in [-0.3, -0.25) is 4.90 Å². The van der Waals surface area contributed by atoms with Crippen LogP contribution in [0.25, 0.3) is 33.5 Å². The van der Waals surface area contributed by atoms with Crippen LogP contribution in [0.3, 0.4) is 0 Å². The molecule has 2 aliphatic heterocycles. The van der Waals surface area contributed by atoms with Crippen LogP contribution in [0.4, 0.5) is 13.2 Å². The molecule has 3 heterocycles. The number of likely N-dealkylation sites (tertiary alicyclic amines) is 1. The van der Waals surface area contributed by atoms with Crippen molar-refractivity contribution in [3.63, 3.8) is 0 Å². The fourth-order valence-corrected chi connectivity index (χ4v) is 5.91. The molecule has 228 valence electrons. The Bertz CT molecular complexity index is 1460. The first-order valence-electron chi connectivity index (χ1n) is 14.7. The molecule has 0 amide bonds. The molecule has 2 saturated heterocycles. The predicted molar refractivity (Wildman–Crippen MR) is 163 cm³/mol. The van der Waals surface area contributed by atoms with Gasteiger partial charge < -0.3 is 19.9 Å². The van der Waals surface area contributed by atoms with E-state index in [2.05, 4.69) is 81.3 Å². The number of carbonyl (C=O) groups is 1. The molecule has 6 rings (SSSR count). The van der Waals surface area contributed by atoms with Crippen molar-refractivity contribution in [2.45, 2.75) is 25.6 Å². The van der Waals surface area contributed by atoms with Gasteiger partial charge in [0.05, 0.1) is 11.0 Å². The number of hydrogen-bond donors (Lipinski definition) is 2. The van der Waals surface area contributed by atoms with Gasteiger partial charge in [-0.15, -0.1) is 0 Å². The molecule has 0 aliphatic carbocycles. The van der Waals surface area contributed by atoms with Gasteiger partial charge in [0.15, 0.2) is 0 Å². The summed E-state index contributed by atoms with van der Waals surface area (Å²) in [6.45, 7) is 9.61. The van der Waals surface area contributed by atoms with Crippen LogP contribution in [0.15, 0.2) is 72.8 Å². The number of rotatable bonds is 6. The van der Waals surface area contributed by atoms with E-state index in [0.717, 1.165) is 34.9 Å². The van der Waals surface area contributed by atoms with Crippen LogP contribution >= 0.6 is 0 Å². The average Bonchev–Trinajstić information content (AvgIpc) is 3.43. The fraction of sp³-hybridized carbons (Fsp3) is 0.394. The standard InChI is InChI=1S/C31H37N5.C2HF3O2/c1-34-15-5-6-25(21-34)23-36-18-16-35(17-19-36)22-24-11-13-26(14-12-24)27-7-4-8-28(20-27)31-32-29-9-2-3-10-30(29)33-31;3-2(4,5)1(6)7/h2-4,7-14,20,25H,5-6,15-19,21-23H2,1H3,(H,32,33);(H,6,7). The number of para-hydroxylation sites is 2. The number of hydrogen-bond acceptors (Lipinski definition) is 5. The Balaban J connectivity index is 0.000000472. The Kier molecular flexibility index (Phi) is 9.79. The average molecular weight is 594 g/mol. The SMILES string of the molecule is CN1CCCC(CN2CCN(Cc3ccc(-c4cccc(-c5nc6ccccc6[nH]5)c4)cc3)CC2)C1.O=C(O)C(F)(F)F. The summed E-state index contributed by atoms with van der Waals surface area (Å²) < 4.78 is 31.7. The zero-order valence-electron chi connectivity index (χ0n) is 24.4. The van der Waals surface area contributed by atoms with Crippen LogP contribution < -0.4 is 0 Å². The van der Waals surface area contributed by atoms with Crippen LogP contribution in [-0.4, -0.2) is 94.8 Å². The van der Waals surface area contributed by atoms with Crippen molar-refractivity contribution >= 4 is 17.0 Å². The van der Waals surface area contributed by atoms with Crippen molar-refractivity contribution in [2.75, 3.05) is 52.9 Å². The Morgan fingerprint density at radius 3 is 2.26 bits per heavy atom. The van der Waals surface area contributed by atoms with Gasteiger partial charge in [0.25, 0.3) is 0 Å². The second kappa shape index (κ2) is 13.7. The van der Waals surface area contributed by atoms with Crippen LogP contribution in [0, 0.1) is 5.92 Å². The quantitative estimate of drug-likeness (QED) is 0.286. The van der Waals surface area contributed by atoms with Crippen LogP contribution in [0.5, 0.6) is 0 Å². The lowest BCUT2D eigenvalue weighted by molar-refractivity contribution is -0.192. The van der Waals surface area contributed by atoms with Gasteiger partial charge in [0, 0.05) is 51.4 Å². The van der Waals surface area contributed by atoms with Gasteiger partial charge in [-0.25, -0.2) is 9.78 Å². The lowest BCUT2D eigenvalue weighted by Gasteiger charge is -2.38. The first-order chi connectivity index (χ1) is 20.6. The number of benzene rings is 3. The molecule has 2 aliphatic rings. The molecule has 0 radical (unpaired) electrons. The van der Waals surface area contributed by atoms with E-state index in [1.807, 2.05) is 18.2 Å². The van der Waals surface area contributed by atoms with Crippen LogP contribution in [0.2, 0.25) is 0 Å². The molecule has 2 N–H and O–H groups in total. The van der Waals surface area contributed by atoms with Crippen molar-refractivity contribution in [1.29, 1.82) is 0 Å². The molecule has 7 nitrogen and oxygen atoms in total. The fourth-order valence-electron chi connectivity index (χ4n) is 5.91. The van der Waals surface area contributed by atoms with E-state index in [-0.39, 0.29) is 0 Å². The highest BCUT2D eigenvalue weighted by molar-refractivity contribution is 5.80. The maximum absolute atomic E-state index is 10.6. The first kappa shape index (κ1) is 30.7. The van der Waals surface area contributed by atoms with E-state index in [9.17, 15) is 13.2 Å². The molecule has 0 saturated carbocycles. The largest absolute Gasteiger partial charge is 0.490 e. The molecule has 1 aromatic heterocycles. The molecular weight excluding hydrogens is 555 g/mol. The molecule has 3 aromatic carbocycles. The summed E-state index contributed by atoms with van der Waals surface area (Å²) in [7, 11) is 2.27. The number of nitrogens with one attached hydrogen (secondary N) is 1. The number of nitrogens with zero attached hydrogens (tertiary/aromatic N) is 4. The number of piperidine rings is 1. The van der Waals surface area contributed by atoms with E-state index in [4.69, 9.17) is 14.9 Å². The monoisotopic (exact) mass is 593 g/mol. The predicted octanol–water partition coefficient (Wildman–Crippen LogP) is 5.99. The number of H-pyrrole nitrogens is 1. The summed E-state index contributed by atoms with van der Waals surface area (Å²) >= 11 is 0.